The van der Waals surface area contributed by atoms with Crippen LogP contribution in [-0.4, -0.2) is 34.8 Å². The maximum atomic E-state index is 12.0. The van der Waals surface area contributed by atoms with Gasteiger partial charge in [0.25, 0.3) is 5.91 Å². The Morgan fingerprint density at radius 1 is 1.20 bits per heavy atom. The molecule has 0 unspecified atom stereocenters. The Morgan fingerprint density at radius 2 is 1.90 bits per heavy atom. The van der Waals surface area contributed by atoms with E-state index in [-0.39, 0.29) is 11.8 Å². The minimum absolute atomic E-state index is 0.224. The molecule has 0 bridgehead atoms. The summed E-state index contributed by atoms with van der Waals surface area (Å²) in [6.07, 6.45) is 5.50. The maximum absolute atomic E-state index is 12.0. The number of piperidine rings is 1. The number of likely N-dealkylation sites (tertiary alicyclic amines) is 1. The molecular formula is C15H19N3O2. The van der Waals surface area contributed by atoms with Crippen LogP contribution < -0.4 is 5.73 Å². The molecule has 3 rings (SSSR count). The van der Waals surface area contributed by atoms with Gasteiger partial charge >= 0.3 is 0 Å². The van der Waals surface area contributed by atoms with E-state index < -0.39 is 5.91 Å². The van der Waals surface area contributed by atoms with Crippen LogP contribution in [0.2, 0.25) is 0 Å². The van der Waals surface area contributed by atoms with E-state index in [4.69, 9.17) is 5.73 Å². The highest BCUT2D eigenvalue weighted by molar-refractivity contribution is 5.94. The molecular weight excluding hydrogens is 254 g/mol. The number of nitrogens with two attached hydrogens (primary N) is 1. The van der Waals surface area contributed by atoms with Gasteiger partial charge in [-0.15, -0.1) is 0 Å². The van der Waals surface area contributed by atoms with Crippen LogP contribution in [0.15, 0.2) is 18.3 Å². The fraction of sp³-hybridized carbons (Fsp3) is 0.533. The fourth-order valence-electron chi connectivity index (χ4n) is 2.91. The van der Waals surface area contributed by atoms with Crippen LogP contribution in [0.25, 0.3) is 0 Å². The average molecular weight is 273 g/mol. The number of amides is 2. The summed E-state index contributed by atoms with van der Waals surface area (Å²) in [5.74, 6) is 0.383. The van der Waals surface area contributed by atoms with E-state index in [1.54, 1.807) is 18.3 Å². The van der Waals surface area contributed by atoms with E-state index >= 15 is 0 Å². The Kier molecular flexibility index (Phi) is 3.42. The summed E-state index contributed by atoms with van der Waals surface area (Å²) in [6.45, 7) is 1.52. The third-order valence-corrected chi connectivity index (χ3v) is 4.22. The molecule has 2 amide bonds. The molecule has 2 heterocycles. The Hall–Kier alpha value is -1.91. The Balaban J connectivity index is 1.69. The zero-order valence-electron chi connectivity index (χ0n) is 11.4. The lowest BCUT2D eigenvalue weighted by atomic mass is 9.90. The van der Waals surface area contributed by atoms with Gasteiger partial charge < -0.3 is 10.6 Å². The zero-order valence-corrected chi connectivity index (χ0v) is 11.4. The first-order valence-corrected chi connectivity index (χ1v) is 7.20. The van der Waals surface area contributed by atoms with Gasteiger partial charge in [0.15, 0.2) is 0 Å². The Labute approximate surface area is 118 Å². The third-order valence-electron chi connectivity index (χ3n) is 4.22. The summed E-state index contributed by atoms with van der Waals surface area (Å²) in [7, 11) is 0. The van der Waals surface area contributed by atoms with Crippen LogP contribution >= 0.6 is 0 Å². The van der Waals surface area contributed by atoms with E-state index in [1.807, 2.05) is 4.90 Å². The molecule has 5 heteroatoms. The largest absolute Gasteiger partial charge is 0.366 e. The number of rotatable bonds is 3. The van der Waals surface area contributed by atoms with Crippen molar-refractivity contribution in [2.45, 2.75) is 31.6 Å². The fourth-order valence-corrected chi connectivity index (χ4v) is 2.91. The van der Waals surface area contributed by atoms with Crippen molar-refractivity contribution in [2.75, 3.05) is 13.1 Å². The first kappa shape index (κ1) is 13.1. The van der Waals surface area contributed by atoms with Crippen LogP contribution in [-0.2, 0) is 4.79 Å². The Bertz CT molecular complexity index is 532. The van der Waals surface area contributed by atoms with Crippen molar-refractivity contribution < 1.29 is 9.59 Å². The van der Waals surface area contributed by atoms with Crippen molar-refractivity contribution in [3.05, 3.63) is 29.6 Å². The number of aromatic nitrogens is 1. The number of primary amides is 1. The molecule has 1 aromatic rings. The summed E-state index contributed by atoms with van der Waals surface area (Å²) < 4.78 is 0. The van der Waals surface area contributed by atoms with E-state index in [0.717, 1.165) is 44.5 Å². The number of pyridine rings is 1. The zero-order chi connectivity index (χ0) is 14.1. The molecule has 1 saturated heterocycles. The number of hydrogen-bond donors (Lipinski definition) is 1. The molecule has 1 aliphatic heterocycles. The molecule has 20 heavy (non-hydrogen) atoms. The molecule has 0 atom stereocenters. The molecule has 0 aromatic carbocycles. The van der Waals surface area contributed by atoms with Gasteiger partial charge in [0.2, 0.25) is 5.91 Å². The van der Waals surface area contributed by atoms with Crippen molar-refractivity contribution >= 4 is 11.8 Å². The molecule has 2 N–H and O–H groups in total. The van der Waals surface area contributed by atoms with Gasteiger partial charge in [0, 0.05) is 31.1 Å². The number of nitrogens with zero attached hydrogens (tertiary/aromatic N) is 2. The van der Waals surface area contributed by atoms with E-state index in [1.165, 1.54) is 0 Å². The highest BCUT2D eigenvalue weighted by atomic mass is 16.2. The van der Waals surface area contributed by atoms with Crippen LogP contribution in [0, 0.1) is 5.92 Å². The van der Waals surface area contributed by atoms with Gasteiger partial charge in [-0.25, -0.2) is 0 Å². The van der Waals surface area contributed by atoms with Crippen LogP contribution in [0.5, 0.6) is 0 Å². The minimum Gasteiger partial charge on any atom is -0.366 e. The van der Waals surface area contributed by atoms with Crippen molar-refractivity contribution in [2.24, 2.45) is 11.7 Å². The molecule has 5 nitrogen and oxygen atoms in total. The van der Waals surface area contributed by atoms with Gasteiger partial charge in [-0.3, -0.25) is 14.6 Å². The Morgan fingerprint density at radius 3 is 2.50 bits per heavy atom. The maximum Gasteiger partial charge on any atom is 0.250 e. The van der Waals surface area contributed by atoms with Crippen LogP contribution in [0.4, 0.5) is 0 Å². The number of carbonyl (C=O) groups is 2. The molecule has 1 saturated carbocycles. The second kappa shape index (κ2) is 5.23. The third kappa shape index (κ3) is 2.53. The minimum atomic E-state index is -0.426. The summed E-state index contributed by atoms with van der Waals surface area (Å²) in [5, 5.41) is 0. The highest BCUT2D eigenvalue weighted by Crippen LogP contribution is 2.34. The summed E-state index contributed by atoms with van der Waals surface area (Å²) in [4.78, 5) is 29.8. The molecule has 0 spiro atoms. The second-order valence-electron chi connectivity index (χ2n) is 5.67. The topological polar surface area (TPSA) is 76.3 Å². The first-order chi connectivity index (χ1) is 9.66. The monoisotopic (exact) mass is 273 g/mol. The van der Waals surface area contributed by atoms with E-state index in [0.29, 0.717) is 11.5 Å². The van der Waals surface area contributed by atoms with Gasteiger partial charge in [-0.2, -0.15) is 0 Å². The van der Waals surface area contributed by atoms with Crippen molar-refractivity contribution in [1.29, 1.82) is 0 Å². The average Bonchev–Trinajstić information content (AvgIpc) is 3.31. The smallest absolute Gasteiger partial charge is 0.250 e. The SMILES string of the molecule is NC(=O)c1cccnc1C1CCN(C(=O)C2CC2)CC1. The van der Waals surface area contributed by atoms with E-state index in [9.17, 15) is 9.59 Å². The molecule has 0 radical (unpaired) electrons. The van der Waals surface area contributed by atoms with Crippen molar-refractivity contribution in [3.63, 3.8) is 0 Å². The predicted molar refractivity (Wildman–Crippen MR) is 74.0 cm³/mol. The van der Waals surface area contributed by atoms with Crippen LogP contribution in [0.3, 0.4) is 0 Å². The van der Waals surface area contributed by atoms with Gasteiger partial charge in [-0.1, -0.05) is 0 Å². The van der Waals surface area contributed by atoms with Gasteiger partial charge in [-0.05, 0) is 37.8 Å². The summed E-state index contributed by atoms with van der Waals surface area (Å²) >= 11 is 0. The lowest BCUT2D eigenvalue weighted by molar-refractivity contribution is -0.133. The van der Waals surface area contributed by atoms with Gasteiger partial charge in [0.1, 0.15) is 0 Å². The summed E-state index contributed by atoms with van der Waals surface area (Å²) in [5.41, 5.74) is 6.70. The highest BCUT2D eigenvalue weighted by Gasteiger charge is 2.35. The van der Waals surface area contributed by atoms with E-state index in [2.05, 4.69) is 4.98 Å². The molecule has 2 fully saturated rings. The standard InChI is InChI=1S/C15H19N3O2/c16-14(19)12-2-1-7-17-13(12)10-5-8-18(9-6-10)15(20)11-3-4-11/h1-2,7,10-11H,3-6,8-9H2,(H2,16,19). The molecule has 2 aliphatic rings. The normalized spacial score (nSPS) is 19.9. The van der Waals surface area contributed by atoms with Crippen molar-refractivity contribution in [1.82, 2.24) is 9.88 Å². The second-order valence-corrected chi connectivity index (χ2v) is 5.67. The van der Waals surface area contributed by atoms with Crippen molar-refractivity contribution in [3.8, 4) is 0 Å². The quantitative estimate of drug-likeness (QED) is 0.901. The number of hydrogen-bond acceptors (Lipinski definition) is 3. The van der Waals surface area contributed by atoms with Gasteiger partial charge in [0.05, 0.1) is 11.3 Å². The van der Waals surface area contributed by atoms with Crippen LogP contribution in [0.1, 0.15) is 47.7 Å². The molecule has 1 aromatic heterocycles. The molecule has 1 aliphatic carbocycles. The predicted octanol–water partition coefficient (Wildman–Crippen LogP) is 1.30. The lowest BCUT2D eigenvalue weighted by Crippen LogP contribution is -2.39. The first-order valence-electron chi connectivity index (χ1n) is 7.20. The number of carbonyl (C=O) groups excluding carboxylic acids is 2. The summed E-state index contributed by atoms with van der Waals surface area (Å²) in [6, 6.07) is 3.46. The lowest BCUT2D eigenvalue weighted by Gasteiger charge is -2.32. The molecule has 106 valence electrons.